The highest BCUT2D eigenvalue weighted by Crippen LogP contribution is 2.39. The summed E-state index contributed by atoms with van der Waals surface area (Å²) in [6.45, 7) is 0. The fourth-order valence-electron chi connectivity index (χ4n) is 1.69. The molecule has 0 bridgehead atoms. The molecular formula is C11H5ClO2S2. The van der Waals surface area contributed by atoms with Crippen molar-refractivity contribution in [1.29, 1.82) is 0 Å². The van der Waals surface area contributed by atoms with E-state index < -0.39 is 5.97 Å². The molecule has 2 nitrogen and oxygen atoms in total. The smallest absolute Gasteiger partial charge is 0.345 e. The molecule has 2 heterocycles. The van der Waals surface area contributed by atoms with E-state index in [2.05, 4.69) is 0 Å². The summed E-state index contributed by atoms with van der Waals surface area (Å²) in [6.07, 6.45) is 0. The lowest BCUT2D eigenvalue weighted by Crippen LogP contribution is -1.89. The number of hydrogen-bond donors (Lipinski definition) is 1. The topological polar surface area (TPSA) is 37.3 Å². The molecule has 0 aliphatic carbocycles. The molecule has 5 heteroatoms. The van der Waals surface area contributed by atoms with Crippen LogP contribution in [0.1, 0.15) is 9.67 Å². The van der Waals surface area contributed by atoms with Gasteiger partial charge in [0.05, 0.1) is 5.02 Å². The molecule has 0 saturated carbocycles. The van der Waals surface area contributed by atoms with Gasteiger partial charge in [-0.3, -0.25) is 0 Å². The first-order valence-electron chi connectivity index (χ1n) is 4.49. The van der Waals surface area contributed by atoms with Gasteiger partial charge in [0.2, 0.25) is 0 Å². The summed E-state index contributed by atoms with van der Waals surface area (Å²) >= 11 is 8.96. The molecule has 0 atom stereocenters. The summed E-state index contributed by atoms with van der Waals surface area (Å²) in [5.41, 5.74) is 0. The molecule has 0 aliphatic heterocycles. The summed E-state index contributed by atoms with van der Waals surface area (Å²) in [5.74, 6) is -0.888. The molecule has 16 heavy (non-hydrogen) atoms. The van der Waals surface area contributed by atoms with Crippen molar-refractivity contribution in [3.05, 3.63) is 33.5 Å². The molecule has 0 aliphatic rings. The number of aromatic carboxylic acids is 1. The van der Waals surface area contributed by atoms with Crippen LogP contribution in [0, 0.1) is 0 Å². The van der Waals surface area contributed by atoms with Gasteiger partial charge in [0.1, 0.15) is 4.88 Å². The van der Waals surface area contributed by atoms with Gasteiger partial charge in [-0.2, -0.15) is 0 Å². The van der Waals surface area contributed by atoms with Crippen molar-refractivity contribution < 1.29 is 9.90 Å². The van der Waals surface area contributed by atoms with Gasteiger partial charge in [0, 0.05) is 20.2 Å². The molecule has 0 fully saturated rings. The van der Waals surface area contributed by atoms with Gasteiger partial charge in [-0.25, -0.2) is 4.79 Å². The fraction of sp³-hybridized carbons (Fsp3) is 0. The van der Waals surface area contributed by atoms with E-state index in [-0.39, 0.29) is 0 Å². The highest BCUT2D eigenvalue weighted by Gasteiger charge is 2.13. The molecule has 3 aromatic rings. The number of hydrogen-bond acceptors (Lipinski definition) is 3. The maximum absolute atomic E-state index is 10.9. The number of benzene rings is 1. The third kappa shape index (κ3) is 1.34. The third-order valence-corrected chi connectivity index (χ3v) is 4.92. The van der Waals surface area contributed by atoms with Crippen LogP contribution in [0.4, 0.5) is 0 Å². The summed E-state index contributed by atoms with van der Waals surface area (Å²) in [5, 5.41) is 13.5. The van der Waals surface area contributed by atoms with E-state index in [0.29, 0.717) is 9.90 Å². The van der Waals surface area contributed by atoms with Gasteiger partial charge in [0.25, 0.3) is 0 Å². The number of fused-ring (bicyclic) bond motifs is 3. The lowest BCUT2D eigenvalue weighted by molar-refractivity contribution is 0.0702. The zero-order chi connectivity index (χ0) is 11.3. The first-order chi connectivity index (χ1) is 7.66. The van der Waals surface area contributed by atoms with Crippen molar-refractivity contribution in [1.82, 2.24) is 0 Å². The average Bonchev–Trinajstić information content (AvgIpc) is 2.81. The Bertz CT molecular complexity index is 711. The Balaban J connectivity index is 2.49. The van der Waals surface area contributed by atoms with Crippen LogP contribution >= 0.6 is 34.3 Å². The summed E-state index contributed by atoms with van der Waals surface area (Å²) in [4.78, 5) is 11.3. The molecule has 80 valence electrons. The zero-order valence-corrected chi connectivity index (χ0v) is 10.2. The van der Waals surface area contributed by atoms with E-state index in [9.17, 15) is 4.79 Å². The van der Waals surface area contributed by atoms with E-state index >= 15 is 0 Å². The number of halogens is 1. The molecule has 3 rings (SSSR count). The molecule has 0 unspecified atom stereocenters. The molecule has 0 spiro atoms. The molecule has 0 radical (unpaired) electrons. The number of carbonyl (C=O) groups is 1. The molecule has 0 saturated heterocycles. The minimum Gasteiger partial charge on any atom is -0.477 e. The van der Waals surface area contributed by atoms with Gasteiger partial charge in [0.15, 0.2) is 0 Å². The third-order valence-electron chi connectivity index (χ3n) is 2.39. The molecule has 1 aromatic carbocycles. The van der Waals surface area contributed by atoms with Gasteiger partial charge >= 0.3 is 5.97 Å². The van der Waals surface area contributed by atoms with Gasteiger partial charge in [-0.15, -0.1) is 22.7 Å². The highest BCUT2D eigenvalue weighted by atomic mass is 35.5. The second-order valence-electron chi connectivity index (χ2n) is 3.36. The van der Waals surface area contributed by atoms with E-state index in [1.165, 1.54) is 11.3 Å². The van der Waals surface area contributed by atoms with Crippen molar-refractivity contribution in [3.63, 3.8) is 0 Å². The summed E-state index contributed by atoms with van der Waals surface area (Å²) in [7, 11) is 0. The molecular weight excluding hydrogens is 264 g/mol. The van der Waals surface area contributed by atoms with E-state index in [4.69, 9.17) is 16.7 Å². The van der Waals surface area contributed by atoms with Crippen LogP contribution in [0.3, 0.4) is 0 Å². The lowest BCUT2D eigenvalue weighted by atomic mass is 10.2. The largest absolute Gasteiger partial charge is 0.477 e. The van der Waals surface area contributed by atoms with Crippen LogP contribution in [0.5, 0.6) is 0 Å². The molecule has 0 amide bonds. The monoisotopic (exact) mass is 268 g/mol. The predicted molar refractivity (Wildman–Crippen MR) is 69.2 cm³/mol. The van der Waals surface area contributed by atoms with Crippen molar-refractivity contribution in [2.24, 2.45) is 0 Å². The Morgan fingerprint density at radius 1 is 1.38 bits per heavy atom. The standard InChI is InChI=1S/C11H5ClO2S2/c12-6-4-15-7-2-1-5-3-8(11(13)14)16-10(5)9(6)7/h1-4H,(H,13,14). The summed E-state index contributed by atoms with van der Waals surface area (Å²) in [6, 6.07) is 5.61. The predicted octanol–water partition coefficient (Wildman–Crippen LogP) is 4.47. The Labute approximate surface area is 104 Å². The van der Waals surface area contributed by atoms with Gasteiger partial charge < -0.3 is 5.11 Å². The first-order valence-corrected chi connectivity index (χ1v) is 6.57. The Morgan fingerprint density at radius 3 is 2.94 bits per heavy atom. The van der Waals surface area contributed by atoms with Crippen LogP contribution in [0.15, 0.2) is 23.6 Å². The van der Waals surface area contributed by atoms with E-state index in [0.717, 1.165) is 20.2 Å². The average molecular weight is 269 g/mol. The fourth-order valence-corrected chi connectivity index (χ4v) is 4.08. The number of carboxylic acids is 1. The van der Waals surface area contributed by atoms with Gasteiger partial charge in [-0.05, 0) is 17.5 Å². The normalized spacial score (nSPS) is 11.3. The lowest BCUT2D eigenvalue weighted by Gasteiger charge is -1.92. The van der Waals surface area contributed by atoms with E-state index in [1.807, 2.05) is 17.5 Å². The van der Waals surface area contributed by atoms with Gasteiger partial charge in [-0.1, -0.05) is 17.7 Å². The quantitative estimate of drug-likeness (QED) is 0.707. The van der Waals surface area contributed by atoms with Crippen LogP contribution < -0.4 is 0 Å². The Morgan fingerprint density at radius 2 is 2.19 bits per heavy atom. The highest BCUT2D eigenvalue weighted by molar-refractivity contribution is 7.23. The van der Waals surface area contributed by atoms with Crippen LogP contribution in [-0.4, -0.2) is 11.1 Å². The SMILES string of the molecule is O=C(O)c1cc2ccc3scc(Cl)c3c2s1. The second kappa shape index (κ2) is 3.45. The Hall–Kier alpha value is -1.10. The minimum absolute atomic E-state index is 0.352. The number of carboxylic acid groups (broad SMARTS) is 1. The van der Waals surface area contributed by atoms with Crippen molar-refractivity contribution in [3.8, 4) is 0 Å². The zero-order valence-electron chi connectivity index (χ0n) is 7.86. The number of thiophene rings is 2. The van der Waals surface area contributed by atoms with Crippen molar-refractivity contribution in [2.45, 2.75) is 0 Å². The van der Waals surface area contributed by atoms with Crippen LogP contribution in [0.2, 0.25) is 5.02 Å². The second-order valence-corrected chi connectivity index (χ2v) is 5.73. The first kappa shape index (κ1) is 10.1. The Kier molecular flexibility index (Phi) is 2.17. The van der Waals surface area contributed by atoms with Crippen molar-refractivity contribution >= 4 is 60.4 Å². The molecule has 1 N–H and O–H groups in total. The molecule has 2 aromatic heterocycles. The number of rotatable bonds is 1. The van der Waals surface area contributed by atoms with Crippen LogP contribution in [0.25, 0.3) is 20.2 Å². The van der Waals surface area contributed by atoms with Crippen LogP contribution in [-0.2, 0) is 0 Å². The minimum atomic E-state index is -0.888. The maximum atomic E-state index is 10.9. The summed E-state index contributed by atoms with van der Waals surface area (Å²) < 4.78 is 2.05. The van der Waals surface area contributed by atoms with E-state index in [1.54, 1.807) is 17.4 Å². The maximum Gasteiger partial charge on any atom is 0.345 e. The van der Waals surface area contributed by atoms with Crippen molar-refractivity contribution in [2.75, 3.05) is 0 Å².